The molecule has 0 aliphatic carbocycles. The molecule has 1 aromatic carbocycles. The van der Waals surface area contributed by atoms with Crippen LogP contribution in [0.4, 0.5) is 5.69 Å². The molecule has 6 heteroatoms. The van der Waals surface area contributed by atoms with Crippen molar-refractivity contribution in [3.05, 3.63) is 57.9 Å². The topological polar surface area (TPSA) is 36.4 Å². The van der Waals surface area contributed by atoms with Gasteiger partial charge in [0.1, 0.15) is 9.88 Å². The maximum atomic E-state index is 13.1. The van der Waals surface area contributed by atoms with Crippen molar-refractivity contribution in [3.63, 3.8) is 0 Å². The number of hydrogen-bond donors (Lipinski definition) is 0. The van der Waals surface area contributed by atoms with Crippen molar-refractivity contribution in [1.29, 1.82) is 0 Å². The van der Waals surface area contributed by atoms with Crippen LogP contribution in [0.2, 0.25) is 0 Å². The summed E-state index contributed by atoms with van der Waals surface area (Å²) in [6.45, 7) is 5.21. The molecule has 0 aliphatic rings. The molecule has 0 bridgehead atoms. The lowest BCUT2D eigenvalue weighted by Gasteiger charge is -2.21. The number of amides is 1. The van der Waals surface area contributed by atoms with Crippen LogP contribution in [0.15, 0.2) is 41.8 Å². The number of thiophene rings is 1. The maximum Gasteiger partial charge on any atom is 0.266 e. The van der Waals surface area contributed by atoms with Gasteiger partial charge in [-0.05, 0) is 43.0 Å². The molecule has 2 heterocycles. The summed E-state index contributed by atoms with van der Waals surface area (Å²) in [5.41, 5.74) is 3.10. The summed E-state index contributed by atoms with van der Waals surface area (Å²) in [6.07, 6.45) is 0. The third-order valence-electron chi connectivity index (χ3n) is 4.22. The largest absolute Gasteiger partial charge is 0.378 e. The number of hydrogen-bond acceptors (Lipinski definition) is 5. The fourth-order valence-corrected chi connectivity index (χ4v) is 4.52. The van der Waals surface area contributed by atoms with Gasteiger partial charge >= 0.3 is 0 Å². The highest BCUT2D eigenvalue weighted by atomic mass is 32.1. The summed E-state index contributed by atoms with van der Waals surface area (Å²) in [7, 11) is 4.04. The molecule has 2 aromatic heterocycles. The van der Waals surface area contributed by atoms with E-state index < -0.39 is 0 Å². The lowest BCUT2D eigenvalue weighted by molar-refractivity contribution is 0.0756. The zero-order chi connectivity index (χ0) is 18.7. The van der Waals surface area contributed by atoms with E-state index in [0.717, 1.165) is 31.7 Å². The average Bonchev–Trinajstić information content (AvgIpc) is 3.29. The zero-order valence-corrected chi connectivity index (χ0v) is 17.2. The van der Waals surface area contributed by atoms with Crippen LogP contribution in [-0.4, -0.2) is 36.4 Å². The highest BCUT2D eigenvalue weighted by molar-refractivity contribution is 7.22. The van der Waals surface area contributed by atoms with Gasteiger partial charge in [-0.3, -0.25) is 4.79 Å². The lowest BCUT2D eigenvalue weighted by Crippen LogP contribution is -2.30. The van der Waals surface area contributed by atoms with E-state index in [1.807, 2.05) is 50.4 Å². The molecule has 3 aromatic rings. The molecule has 0 N–H and O–H groups in total. The van der Waals surface area contributed by atoms with Gasteiger partial charge in [-0.2, -0.15) is 0 Å². The Morgan fingerprint density at radius 2 is 1.88 bits per heavy atom. The summed E-state index contributed by atoms with van der Waals surface area (Å²) in [6, 6.07) is 12.4. The third-order valence-corrected chi connectivity index (χ3v) is 6.40. The number of nitrogens with zero attached hydrogens (tertiary/aromatic N) is 3. The minimum absolute atomic E-state index is 0.0574. The van der Waals surface area contributed by atoms with Crippen LogP contribution in [0, 0.1) is 6.92 Å². The highest BCUT2D eigenvalue weighted by Gasteiger charge is 2.21. The van der Waals surface area contributed by atoms with Gasteiger partial charge in [0.2, 0.25) is 0 Å². The van der Waals surface area contributed by atoms with Crippen LogP contribution in [0.5, 0.6) is 0 Å². The Morgan fingerprint density at radius 3 is 2.46 bits per heavy atom. The highest BCUT2D eigenvalue weighted by Crippen LogP contribution is 2.32. The Bertz CT molecular complexity index is 867. The number of thiazole rings is 1. The van der Waals surface area contributed by atoms with Crippen LogP contribution in [0.1, 0.15) is 27.9 Å². The number of carbonyl (C=O) groups excluding carboxylic acids is 1. The molecule has 0 aliphatic heterocycles. The molecule has 26 heavy (non-hydrogen) atoms. The molecule has 0 unspecified atom stereocenters. The Labute approximate surface area is 162 Å². The molecule has 0 atom stereocenters. The summed E-state index contributed by atoms with van der Waals surface area (Å²) in [5.74, 6) is 0.0574. The van der Waals surface area contributed by atoms with E-state index >= 15 is 0 Å². The molecule has 0 fully saturated rings. The maximum absolute atomic E-state index is 13.1. The van der Waals surface area contributed by atoms with Gasteiger partial charge in [-0.25, -0.2) is 4.98 Å². The smallest absolute Gasteiger partial charge is 0.266 e. The molecular weight excluding hydrogens is 362 g/mol. The van der Waals surface area contributed by atoms with Gasteiger partial charge in [0.05, 0.1) is 10.6 Å². The van der Waals surface area contributed by atoms with Crippen molar-refractivity contribution in [3.8, 4) is 9.88 Å². The summed E-state index contributed by atoms with van der Waals surface area (Å²) >= 11 is 3.14. The van der Waals surface area contributed by atoms with E-state index in [2.05, 4.69) is 34.1 Å². The minimum atomic E-state index is 0.0574. The van der Waals surface area contributed by atoms with E-state index in [0.29, 0.717) is 13.1 Å². The Kier molecular flexibility index (Phi) is 5.74. The van der Waals surface area contributed by atoms with Gasteiger partial charge < -0.3 is 9.80 Å². The van der Waals surface area contributed by atoms with Crippen LogP contribution in [-0.2, 0) is 6.54 Å². The van der Waals surface area contributed by atoms with Crippen molar-refractivity contribution >= 4 is 34.3 Å². The fourth-order valence-electron chi connectivity index (χ4n) is 2.69. The van der Waals surface area contributed by atoms with Crippen LogP contribution in [0.25, 0.3) is 9.88 Å². The fraction of sp³-hybridized carbons (Fsp3) is 0.300. The number of aromatic nitrogens is 1. The molecule has 1 amide bonds. The first-order valence-corrected chi connectivity index (χ1v) is 10.3. The van der Waals surface area contributed by atoms with Crippen molar-refractivity contribution < 1.29 is 4.79 Å². The lowest BCUT2D eigenvalue weighted by atomic mass is 10.2. The average molecular weight is 386 g/mol. The second kappa shape index (κ2) is 8.01. The molecule has 4 nitrogen and oxygen atoms in total. The first kappa shape index (κ1) is 18.6. The molecule has 0 saturated carbocycles. The van der Waals surface area contributed by atoms with Crippen molar-refractivity contribution in [2.24, 2.45) is 0 Å². The first-order valence-electron chi connectivity index (χ1n) is 8.56. The van der Waals surface area contributed by atoms with Crippen LogP contribution < -0.4 is 4.90 Å². The second-order valence-corrected chi connectivity index (χ2v) is 8.24. The second-order valence-electron chi connectivity index (χ2n) is 6.29. The number of rotatable bonds is 6. The molecule has 0 spiro atoms. The predicted octanol–water partition coefficient (Wildman–Crippen LogP) is 4.91. The number of benzene rings is 1. The van der Waals surface area contributed by atoms with Gasteiger partial charge in [0.25, 0.3) is 5.91 Å². The standard InChI is InChI=1S/C20H23N3OS2/c1-5-23(13-15-8-10-16(11-9-15)22(3)4)20(24)18-14(2)21-19(26-18)17-7-6-12-25-17/h6-12H,5,13H2,1-4H3. The molecular formula is C20H23N3OS2. The normalized spacial score (nSPS) is 10.8. The minimum Gasteiger partial charge on any atom is -0.378 e. The van der Waals surface area contributed by atoms with E-state index in [9.17, 15) is 4.79 Å². The van der Waals surface area contributed by atoms with Gasteiger partial charge in [0.15, 0.2) is 0 Å². The van der Waals surface area contributed by atoms with E-state index in [4.69, 9.17) is 0 Å². The Balaban J connectivity index is 1.78. The van der Waals surface area contributed by atoms with Gasteiger partial charge in [-0.15, -0.1) is 22.7 Å². The molecule has 3 rings (SSSR count). The molecule has 136 valence electrons. The third kappa shape index (κ3) is 3.97. The van der Waals surface area contributed by atoms with Crippen molar-refractivity contribution in [2.75, 3.05) is 25.5 Å². The molecule has 0 radical (unpaired) electrons. The van der Waals surface area contributed by atoms with Crippen molar-refractivity contribution in [2.45, 2.75) is 20.4 Å². The predicted molar refractivity (Wildman–Crippen MR) is 111 cm³/mol. The Hall–Kier alpha value is -2.18. The quantitative estimate of drug-likeness (QED) is 0.605. The van der Waals surface area contributed by atoms with Crippen LogP contribution >= 0.6 is 22.7 Å². The van der Waals surface area contributed by atoms with Crippen molar-refractivity contribution in [1.82, 2.24) is 9.88 Å². The number of aryl methyl sites for hydroxylation is 1. The van der Waals surface area contributed by atoms with E-state index in [1.54, 1.807) is 11.3 Å². The first-order chi connectivity index (χ1) is 12.5. The monoisotopic (exact) mass is 385 g/mol. The summed E-state index contributed by atoms with van der Waals surface area (Å²) in [5, 5.41) is 2.95. The van der Waals surface area contributed by atoms with E-state index in [1.165, 1.54) is 11.3 Å². The number of carbonyl (C=O) groups is 1. The Morgan fingerprint density at radius 1 is 1.15 bits per heavy atom. The summed E-state index contributed by atoms with van der Waals surface area (Å²) in [4.78, 5) is 23.4. The zero-order valence-electron chi connectivity index (χ0n) is 15.5. The van der Waals surface area contributed by atoms with Crippen LogP contribution in [0.3, 0.4) is 0 Å². The van der Waals surface area contributed by atoms with Gasteiger partial charge in [-0.1, -0.05) is 18.2 Å². The molecule has 0 saturated heterocycles. The SMILES string of the molecule is CCN(Cc1ccc(N(C)C)cc1)C(=O)c1sc(-c2cccs2)nc1C. The van der Waals surface area contributed by atoms with E-state index in [-0.39, 0.29) is 5.91 Å². The van der Waals surface area contributed by atoms with Gasteiger partial charge in [0, 0.05) is 32.9 Å². The number of anilines is 1. The summed E-state index contributed by atoms with van der Waals surface area (Å²) < 4.78 is 0.